The van der Waals surface area contributed by atoms with E-state index in [1.165, 1.54) is 5.39 Å². The predicted molar refractivity (Wildman–Crippen MR) is 81.5 cm³/mol. The molecule has 19 heavy (non-hydrogen) atoms. The molecular weight excluding hydrogens is 234 g/mol. The molecule has 0 aromatic heterocycles. The first-order chi connectivity index (χ1) is 9.09. The fourth-order valence-electron chi connectivity index (χ4n) is 2.18. The van der Waals surface area contributed by atoms with E-state index in [4.69, 9.17) is 10.5 Å². The van der Waals surface area contributed by atoms with E-state index in [9.17, 15) is 0 Å². The van der Waals surface area contributed by atoms with Crippen molar-refractivity contribution in [2.45, 2.75) is 33.2 Å². The van der Waals surface area contributed by atoms with E-state index >= 15 is 0 Å². The molecule has 1 unspecified atom stereocenters. The summed E-state index contributed by atoms with van der Waals surface area (Å²) in [5.74, 6) is 1.60. The molecule has 2 nitrogen and oxygen atoms in total. The number of rotatable bonds is 5. The van der Waals surface area contributed by atoms with Crippen LogP contribution in [0.4, 0.5) is 0 Å². The molecule has 0 bridgehead atoms. The summed E-state index contributed by atoms with van der Waals surface area (Å²) in [5.41, 5.74) is 7.14. The highest BCUT2D eigenvalue weighted by Gasteiger charge is 2.12. The van der Waals surface area contributed by atoms with E-state index in [1.54, 1.807) is 0 Å². The van der Waals surface area contributed by atoms with E-state index in [2.05, 4.69) is 38.1 Å². The van der Waals surface area contributed by atoms with Crippen molar-refractivity contribution in [1.29, 1.82) is 0 Å². The van der Waals surface area contributed by atoms with Gasteiger partial charge >= 0.3 is 0 Å². The number of ether oxygens (including phenoxy) is 1. The zero-order chi connectivity index (χ0) is 13.8. The van der Waals surface area contributed by atoms with Crippen molar-refractivity contribution in [3.05, 3.63) is 42.0 Å². The molecule has 0 aliphatic rings. The van der Waals surface area contributed by atoms with Gasteiger partial charge in [-0.15, -0.1) is 0 Å². The molecule has 0 saturated carbocycles. The van der Waals surface area contributed by atoms with E-state index in [0.717, 1.165) is 29.7 Å². The Morgan fingerprint density at radius 1 is 1.05 bits per heavy atom. The van der Waals surface area contributed by atoms with Gasteiger partial charge in [-0.3, -0.25) is 0 Å². The lowest BCUT2D eigenvalue weighted by Crippen LogP contribution is -2.10. The van der Waals surface area contributed by atoms with Gasteiger partial charge in [0.1, 0.15) is 5.75 Å². The topological polar surface area (TPSA) is 35.2 Å². The third kappa shape index (κ3) is 3.27. The molecular formula is C17H23NO. The van der Waals surface area contributed by atoms with Gasteiger partial charge in [0.2, 0.25) is 0 Å². The molecule has 2 heteroatoms. The average Bonchev–Trinajstić information content (AvgIpc) is 2.38. The number of hydrogen-bond acceptors (Lipinski definition) is 2. The lowest BCUT2D eigenvalue weighted by atomic mass is 10.0. The highest BCUT2D eigenvalue weighted by molar-refractivity contribution is 5.89. The van der Waals surface area contributed by atoms with E-state index in [0.29, 0.717) is 5.92 Å². The van der Waals surface area contributed by atoms with Crippen LogP contribution in [-0.2, 0) is 0 Å². The average molecular weight is 257 g/mol. The van der Waals surface area contributed by atoms with Gasteiger partial charge in [-0.2, -0.15) is 0 Å². The van der Waals surface area contributed by atoms with Crippen LogP contribution in [0.25, 0.3) is 10.8 Å². The molecule has 0 spiro atoms. The number of hydrogen-bond donors (Lipinski definition) is 1. The Bertz CT molecular complexity index is 546. The fraction of sp³-hybridized carbons (Fsp3) is 0.412. The van der Waals surface area contributed by atoms with Gasteiger partial charge < -0.3 is 10.5 Å². The Hall–Kier alpha value is -1.54. The molecule has 0 aliphatic carbocycles. The first-order valence-electron chi connectivity index (χ1n) is 6.99. The Morgan fingerprint density at radius 2 is 1.79 bits per heavy atom. The van der Waals surface area contributed by atoms with E-state index in [1.807, 2.05) is 19.1 Å². The van der Waals surface area contributed by atoms with Crippen LogP contribution < -0.4 is 10.5 Å². The smallest absolute Gasteiger partial charge is 0.131 e. The van der Waals surface area contributed by atoms with Crippen LogP contribution in [0.1, 0.15) is 38.8 Å². The van der Waals surface area contributed by atoms with Crippen LogP contribution in [0.15, 0.2) is 36.4 Å². The monoisotopic (exact) mass is 257 g/mol. The number of benzene rings is 2. The molecule has 0 radical (unpaired) electrons. The molecule has 2 aromatic carbocycles. The fourth-order valence-corrected chi connectivity index (χ4v) is 2.18. The quantitative estimate of drug-likeness (QED) is 0.867. The Morgan fingerprint density at radius 3 is 2.47 bits per heavy atom. The minimum absolute atomic E-state index is 0.0151. The Kier molecular flexibility index (Phi) is 4.43. The molecule has 2 N–H and O–H groups in total. The van der Waals surface area contributed by atoms with Gasteiger partial charge in [0.05, 0.1) is 6.61 Å². The van der Waals surface area contributed by atoms with Gasteiger partial charge in [-0.05, 0) is 24.6 Å². The van der Waals surface area contributed by atoms with Crippen LogP contribution in [0, 0.1) is 5.92 Å². The second-order valence-electron chi connectivity index (χ2n) is 5.52. The largest absolute Gasteiger partial charge is 0.493 e. The molecule has 2 aromatic rings. The molecule has 1 atom stereocenters. The highest BCUT2D eigenvalue weighted by atomic mass is 16.5. The summed E-state index contributed by atoms with van der Waals surface area (Å²) < 4.78 is 6.04. The second kappa shape index (κ2) is 6.07. The molecule has 0 saturated heterocycles. The van der Waals surface area contributed by atoms with Gasteiger partial charge in [-0.25, -0.2) is 0 Å². The molecule has 2 rings (SSSR count). The maximum Gasteiger partial charge on any atom is 0.131 e. The van der Waals surface area contributed by atoms with Crippen molar-refractivity contribution < 1.29 is 4.74 Å². The van der Waals surface area contributed by atoms with Crippen molar-refractivity contribution in [3.63, 3.8) is 0 Å². The summed E-state index contributed by atoms with van der Waals surface area (Å²) in [4.78, 5) is 0. The maximum absolute atomic E-state index is 6.06. The zero-order valence-corrected chi connectivity index (χ0v) is 12.0. The first-order valence-corrected chi connectivity index (χ1v) is 6.99. The SMILES string of the molecule is CC(C)CCOc1c(C(C)N)ccc2ccccc12. The standard InChI is InChI=1S/C17H23NO/c1-12(2)10-11-19-17-15(13(3)18)9-8-14-6-4-5-7-16(14)17/h4-9,12-13H,10-11,18H2,1-3H3. The highest BCUT2D eigenvalue weighted by Crippen LogP contribution is 2.33. The van der Waals surface area contributed by atoms with Crippen LogP contribution in [0.5, 0.6) is 5.75 Å². The Balaban J connectivity index is 2.38. The second-order valence-corrected chi connectivity index (χ2v) is 5.52. The van der Waals surface area contributed by atoms with Crippen molar-refractivity contribution in [1.82, 2.24) is 0 Å². The summed E-state index contributed by atoms with van der Waals surface area (Å²) in [6.45, 7) is 7.16. The summed E-state index contributed by atoms with van der Waals surface area (Å²) in [6.07, 6.45) is 1.06. The summed E-state index contributed by atoms with van der Waals surface area (Å²) >= 11 is 0. The van der Waals surface area contributed by atoms with E-state index in [-0.39, 0.29) is 6.04 Å². The third-order valence-corrected chi connectivity index (χ3v) is 3.34. The Labute approximate surface area is 115 Å². The van der Waals surface area contributed by atoms with Crippen LogP contribution in [0.3, 0.4) is 0 Å². The maximum atomic E-state index is 6.06. The van der Waals surface area contributed by atoms with Crippen molar-refractivity contribution in [2.24, 2.45) is 11.7 Å². The summed E-state index contributed by atoms with van der Waals surface area (Å²) in [5, 5.41) is 2.35. The minimum Gasteiger partial charge on any atom is -0.493 e. The lowest BCUT2D eigenvalue weighted by molar-refractivity contribution is 0.289. The van der Waals surface area contributed by atoms with Crippen LogP contribution in [-0.4, -0.2) is 6.61 Å². The molecule has 0 aliphatic heterocycles. The van der Waals surface area contributed by atoms with Gasteiger partial charge in [0.25, 0.3) is 0 Å². The van der Waals surface area contributed by atoms with Crippen molar-refractivity contribution >= 4 is 10.8 Å². The van der Waals surface area contributed by atoms with E-state index < -0.39 is 0 Å². The number of fused-ring (bicyclic) bond motifs is 1. The first kappa shape index (κ1) is 13.9. The predicted octanol–water partition coefficient (Wildman–Crippen LogP) is 4.28. The third-order valence-electron chi connectivity index (χ3n) is 3.34. The molecule has 0 amide bonds. The number of nitrogens with two attached hydrogens (primary N) is 1. The van der Waals surface area contributed by atoms with Crippen LogP contribution >= 0.6 is 0 Å². The van der Waals surface area contributed by atoms with Crippen molar-refractivity contribution in [2.75, 3.05) is 6.61 Å². The molecule has 0 heterocycles. The van der Waals surface area contributed by atoms with Crippen molar-refractivity contribution in [3.8, 4) is 5.75 Å². The molecule has 0 fully saturated rings. The van der Waals surface area contributed by atoms with Crippen LogP contribution in [0.2, 0.25) is 0 Å². The van der Waals surface area contributed by atoms with Gasteiger partial charge in [0, 0.05) is 17.0 Å². The molecule has 102 valence electrons. The summed E-state index contributed by atoms with van der Waals surface area (Å²) in [7, 11) is 0. The normalized spacial score (nSPS) is 12.9. The minimum atomic E-state index is -0.0151. The zero-order valence-electron chi connectivity index (χ0n) is 12.0. The summed E-state index contributed by atoms with van der Waals surface area (Å²) in [6, 6.07) is 12.5. The van der Waals surface area contributed by atoms with Gasteiger partial charge in [-0.1, -0.05) is 50.2 Å². The lowest BCUT2D eigenvalue weighted by Gasteiger charge is -2.17. The van der Waals surface area contributed by atoms with Gasteiger partial charge in [0.15, 0.2) is 0 Å².